The number of ketones is 1. The van der Waals surface area contributed by atoms with Crippen molar-refractivity contribution in [2.24, 2.45) is 0 Å². The van der Waals surface area contributed by atoms with Gasteiger partial charge in [0.15, 0.2) is 5.78 Å². The lowest BCUT2D eigenvalue weighted by Crippen LogP contribution is -2.12. The number of rotatable bonds is 1. The number of benzene rings is 1. The Labute approximate surface area is 107 Å². The van der Waals surface area contributed by atoms with Crippen LogP contribution in [-0.4, -0.2) is 10.4 Å². The van der Waals surface area contributed by atoms with Crippen LogP contribution in [0.25, 0.3) is 5.69 Å². The van der Waals surface area contributed by atoms with E-state index in [1.54, 1.807) is 0 Å². The maximum atomic E-state index is 11.9. The first-order chi connectivity index (χ1) is 8.66. The molecule has 2 heteroatoms. The van der Waals surface area contributed by atoms with Gasteiger partial charge in [0.2, 0.25) is 0 Å². The molecule has 2 aromatic rings. The van der Waals surface area contributed by atoms with E-state index in [0.29, 0.717) is 12.2 Å². The predicted molar refractivity (Wildman–Crippen MR) is 72.5 cm³/mol. The summed E-state index contributed by atoms with van der Waals surface area (Å²) in [5.74, 6) is 0.297. The van der Waals surface area contributed by atoms with Crippen LogP contribution in [0.5, 0.6) is 0 Å². The highest BCUT2D eigenvalue weighted by atomic mass is 16.1. The second-order valence-electron chi connectivity index (χ2n) is 5.10. The molecule has 0 spiro atoms. The molecule has 1 aromatic heterocycles. The fourth-order valence-electron chi connectivity index (χ4n) is 2.86. The van der Waals surface area contributed by atoms with Crippen molar-refractivity contribution < 1.29 is 4.79 Å². The monoisotopic (exact) mass is 239 g/mol. The number of hydrogen-bond donors (Lipinski definition) is 0. The molecule has 0 unspecified atom stereocenters. The van der Waals surface area contributed by atoms with Gasteiger partial charge in [-0.05, 0) is 50.5 Å². The highest BCUT2D eigenvalue weighted by Gasteiger charge is 2.22. The Morgan fingerprint density at radius 1 is 1.11 bits per heavy atom. The molecule has 2 nitrogen and oxygen atoms in total. The molecule has 18 heavy (non-hydrogen) atoms. The van der Waals surface area contributed by atoms with Crippen LogP contribution < -0.4 is 0 Å². The number of aryl methyl sites for hydroxylation is 2. The van der Waals surface area contributed by atoms with E-state index in [1.165, 1.54) is 16.9 Å². The van der Waals surface area contributed by atoms with Crippen LogP contribution in [0.4, 0.5) is 0 Å². The second-order valence-corrected chi connectivity index (χ2v) is 5.10. The molecular weight excluding hydrogens is 222 g/mol. The van der Waals surface area contributed by atoms with Gasteiger partial charge in [0, 0.05) is 29.1 Å². The number of carbonyl (C=O) groups is 1. The van der Waals surface area contributed by atoms with Crippen LogP contribution in [0.15, 0.2) is 30.3 Å². The van der Waals surface area contributed by atoms with Gasteiger partial charge in [-0.25, -0.2) is 0 Å². The molecule has 1 aliphatic carbocycles. The molecule has 0 bridgehead atoms. The van der Waals surface area contributed by atoms with Gasteiger partial charge < -0.3 is 4.57 Å². The average Bonchev–Trinajstić information content (AvgIpc) is 2.67. The van der Waals surface area contributed by atoms with Crippen LogP contribution in [0.3, 0.4) is 0 Å². The minimum Gasteiger partial charge on any atom is -0.317 e. The molecule has 0 fully saturated rings. The number of Topliss-reactive ketones (excluding diaryl/α,β-unsaturated/α-hetero) is 1. The van der Waals surface area contributed by atoms with Crippen molar-refractivity contribution in [3.63, 3.8) is 0 Å². The SMILES string of the molecule is Cc1cccc(-n2c(C)cc3c2CCCC3=O)c1. The van der Waals surface area contributed by atoms with Crippen molar-refractivity contribution in [1.29, 1.82) is 0 Å². The molecule has 0 atom stereocenters. The molecule has 1 aliphatic rings. The summed E-state index contributed by atoms with van der Waals surface area (Å²) in [5.41, 5.74) is 5.69. The first-order valence-corrected chi connectivity index (χ1v) is 6.48. The minimum absolute atomic E-state index is 0.297. The fraction of sp³-hybridized carbons (Fsp3) is 0.312. The van der Waals surface area contributed by atoms with E-state index in [9.17, 15) is 4.79 Å². The fourth-order valence-corrected chi connectivity index (χ4v) is 2.86. The standard InChI is InChI=1S/C16H17NO/c1-11-5-3-6-13(9-11)17-12(2)10-14-15(17)7-4-8-16(14)18/h3,5-6,9-10H,4,7-8H2,1-2H3. The maximum Gasteiger partial charge on any atom is 0.164 e. The van der Waals surface area contributed by atoms with Crippen LogP contribution in [-0.2, 0) is 6.42 Å². The van der Waals surface area contributed by atoms with Crippen LogP contribution in [0.1, 0.15) is 40.2 Å². The Morgan fingerprint density at radius 2 is 1.94 bits per heavy atom. The van der Waals surface area contributed by atoms with Gasteiger partial charge in [0.1, 0.15) is 0 Å². The second kappa shape index (κ2) is 4.13. The summed E-state index contributed by atoms with van der Waals surface area (Å²) >= 11 is 0. The van der Waals surface area contributed by atoms with Crippen molar-refractivity contribution in [1.82, 2.24) is 4.57 Å². The summed E-state index contributed by atoms with van der Waals surface area (Å²) in [7, 11) is 0. The van der Waals surface area contributed by atoms with Gasteiger partial charge in [0.25, 0.3) is 0 Å². The van der Waals surface area contributed by atoms with Crippen LogP contribution in [0.2, 0.25) is 0 Å². The van der Waals surface area contributed by atoms with Crippen molar-refractivity contribution in [3.8, 4) is 5.69 Å². The van der Waals surface area contributed by atoms with Crippen molar-refractivity contribution >= 4 is 5.78 Å². The third kappa shape index (κ3) is 1.69. The zero-order chi connectivity index (χ0) is 12.7. The summed E-state index contributed by atoms with van der Waals surface area (Å²) < 4.78 is 2.24. The highest BCUT2D eigenvalue weighted by molar-refractivity contribution is 5.98. The topological polar surface area (TPSA) is 22.0 Å². The normalized spacial score (nSPS) is 14.7. The van der Waals surface area contributed by atoms with E-state index in [4.69, 9.17) is 0 Å². The van der Waals surface area contributed by atoms with Gasteiger partial charge in [-0.2, -0.15) is 0 Å². The third-order valence-electron chi connectivity index (χ3n) is 3.66. The van der Waals surface area contributed by atoms with Crippen molar-refractivity contribution in [2.75, 3.05) is 0 Å². The van der Waals surface area contributed by atoms with Crippen LogP contribution in [0, 0.1) is 13.8 Å². The smallest absolute Gasteiger partial charge is 0.164 e. The Kier molecular flexibility index (Phi) is 2.58. The lowest BCUT2D eigenvalue weighted by atomic mass is 9.96. The Bertz CT molecular complexity index is 622. The van der Waals surface area contributed by atoms with Gasteiger partial charge in [-0.15, -0.1) is 0 Å². The summed E-state index contributed by atoms with van der Waals surface area (Å²) in [4.78, 5) is 11.9. The highest BCUT2D eigenvalue weighted by Crippen LogP contribution is 2.28. The van der Waals surface area contributed by atoms with E-state index >= 15 is 0 Å². The molecule has 3 rings (SSSR count). The molecule has 92 valence electrons. The zero-order valence-electron chi connectivity index (χ0n) is 10.9. The zero-order valence-corrected chi connectivity index (χ0v) is 10.9. The van der Waals surface area contributed by atoms with Crippen LogP contribution >= 0.6 is 0 Å². The molecule has 1 aromatic carbocycles. The third-order valence-corrected chi connectivity index (χ3v) is 3.66. The lowest BCUT2D eigenvalue weighted by Gasteiger charge is -2.16. The molecule has 0 aliphatic heterocycles. The van der Waals surface area contributed by atoms with E-state index in [2.05, 4.69) is 42.7 Å². The molecular formula is C16H17NO. The molecule has 0 amide bonds. The van der Waals surface area contributed by atoms with E-state index in [1.807, 2.05) is 6.07 Å². The summed E-state index contributed by atoms with van der Waals surface area (Å²) in [6.45, 7) is 4.17. The van der Waals surface area contributed by atoms with E-state index < -0.39 is 0 Å². The number of carbonyl (C=O) groups excluding carboxylic acids is 1. The summed E-state index contributed by atoms with van der Waals surface area (Å²) in [5, 5.41) is 0. The van der Waals surface area contributed by atoms with Gasteiger partial charge in [0.05, 0.1) is 0 Å². The Balaban J connectivity index is 2.21. The maximum absolute atomic E-state index is 11.9. The van der Waals surface area contributed by atoms with Gasteiger partial charge >= 0.3 is 0 Å². The molecule has 0 saturated carbocycles. The van der Waals surface area contributed by atoms with Crippen molar-refractivity contribution in [2.45, 2.75) is 33.1 Å². The first-order valence-electron chi connectivity index (χ1n) is 6.48. The molecule has 0 saturated heterocycles. The van der Waals surface area contributed by atoms with Gasteiger partial charge in [-0.3, -0.25) is 4.79 Å². The summed E-state index contributed by atoms with van der Waals surface area (Å²) in [6.07, 6.45) is 2.67. The van der Waals surface area contributed by atoms with E-state index in [-0.39, 0.29) is 0 Å². The lowest BCUT2D eigenvalue weighted by molar-refractivity contribution is 0.0972. The number of aromatic nitrogens is 1. The molecule has 1 heterocycles. The Hall–Kier alpha value is -1.83. The minimum atomic E-state index is 0.297. The number of hydrogen-bond acceptors (Lipinski definition) is 1. The predicted octanol–water partition coefficient (Wildman–Crippen LogP) is 3.61. The number of nitrogens with zero attached hydrogens (tertiary/aromatic N) is 1. The molecule has 0 N–H and O–H groups in total. The largest absolute Gasteiger partial charge is 0.317 e. The molecule has 0 radical (unpaired) electrons. The summed E-state index contributed by atoms with van der Waals surface area (Å²) in [6, 6.07) is 10.5. The van der Waals surface area contributed by atoms with E-state index in [0.717, 1.165) is 24.1 Å². The van der Waals surface area contributed by atoms with Gasteiger partial charge in [-0.1, -0.05) is 12.1 Å². The Morgan fingerprint density at radius 3 is 2.72 bits per heavy atom. The quantitative estimate of drug-likeness (QED) is 0.745. The average molecular weight is 239 g/mol. The first kappa shape index (κ1) is 11.3. The van der Waals surface area contributed by atoms with Crippen molar-refractivity contribution in [3.05, 3.63) is 52.8 Å². The number of fused-ring (bicyclic) bond motifs is 1.